The smallest absolute Gasteiger partial charge is 0.333 e. The van der Waals surface area contributed by atoms with Crippen LogP contribution in [-0.2, 0) is 96.7 Å². The Hall–Kier alpha value is -4.88. The lowest BCUT2D eigenvalue weighted by Gasteiger charge is -2.44. The van der Waals surface area contributed by atoms with Gasteiger partial charge in [0.05, 0.1) is 11.4 Å². The number of rotatable bonds is 7. The highest BCUT2D eigenvalue weighted by Gasteiger charge is 2.45. The minimum absolute atomic E-state index is 0.215. The van der Waals surface area contributed by atoms with E-state index in [1.807, 2.05) is 30.2 Å². The number of hydrogen-bond donors (Lipinski definition) is 5. The topological polar surface area (TPSA) is 251 Å². The fourth-order valence-corrected chi connectivity index (χ4v) is 11.7. The second-order valence-corrected chi connectivity index (χ2v) is 20.7. The number of nitrogens with one attached hydrogen (secondary N) is 2. The molecule has 4 aliphatic carbocycles. The number of primary sulfonamides is 1. The van der Waals surface area contributed by atoms with E-state index < -0.39 is 37.3 Å². The Morgan fingerprint density at radius 1 is 0.694 bits per heavy atom. The number of carbonyl (C=O) groups is 1. The largest absolute Gasteiger partial charge is 0.387 e. The number of likely N-dealkylation sites (tertiary alicyclic amines) is 2. The van der Waals surface area contributed by atoms with Gasteiger partial charge >= 0.3 is 6.03 Å². The standard InChI is InChI=1S/C21H27N5O4S.C13H13NO.C8H14N4O3S/c1-25-11-21(28,12-25)17-10-18(23-26(17)2)31(29,30)24-20(27)22-19-15-7-3-5-13(15)9-14-6-4-8-16(14)19;14-8-15-13-11-5-1-3-9(11)7-10-4-2-6-12(10)13;1-11-4-8(13,5-11)6-3-7(10-12(6)2)16(9,14)15/h9-10,28H,3-8,11-12H2,1-2H3,(H2,22,24,27);7H,1-6H2;3,13H,4-5H2,1-2H3,(H2,9,14,15). The van der Waals surface area contributed by atoms with Crippen molar-refractivity contribution >= 4 is 31.8 Å². The molecule has 0 radical (unpaired) electrons. The molecule has 4 heterocycles. The number of urea groups is 1. The van der Waals surface area contributed by atoms with Crippen LogP contribution in [0.5, 0.6) is 5.75 Å². The van der Waals surface area contributed by atoms with Gasteiger partial charge in [-0.15, -0.1) is 5.26 Å². The number of β-amino-alcohol motifs (C(OH)–C–C–N with tert-alkyl or cyclic N) is 2. The molecule has 2 amide bonds. The molecule has 2 aromatic heterocycles. The molecular weight excluding hydrogens is 837 g/mol. The van der Waals surface area contributed by atoms with E-state index in [2.05, 4.69) is 32.4 Å². The number of nitrogens with zero attached hydrogens (tertiary/aromatic N) is 7. The van der Waals surface area contributed by atoms with E-state index in [1.54, 1.807) is 14.1 Å². The molecule has 0 bridgehead atoms. The molecular formula is C42H54N10O8S2. The average molecular weight is 891 g/mol. The molecule has 2 saturated heterocycles. The number of aliphatic hydroxyl groups is 2. The molecule has 2 aliphatic heterocycles. The summed E-state index contributed by atoms with van der Waals surface area (Å²) in [6.45, 7) is 1.70. The van der Waals surface area contributed by atoms with Crippen LogP contribution >= 0.6 is 0 Å². The number of fused-ring (bicyclic) bond motifs is 4. The maximum absolute atomic E-state index is 12.8. The summed E-state index contributed by atoms with van der Waals surface area (Å²) in [7, 11) is -1.10. The highest BCUT2D eigenvalue weighted by molar-refractivity contribution is 7.90. The summed E-state index contributed by atoms with van der Waals surface area (Å²) >= 11 is 0. The molecule has 6 aliphatic rings. The lowest BCUT2D eigenvalue weighted by Crippen LogP contribution is -2.58. The zero-order valence-electron chi connectivity index (χ0n) is 35.5. The van der Waals surface area contributed by atoms with Crippen molar-refractivity contribution in [2.24, 2.45) is 19.2 Å². The molecule has 20 heteroatoms. The maximum Gasteiger partial charge on any atom is 0.333 e. The molecule has 18 nitrogen and oxygen atoms in total. The molecule has 4 aromatic rings. The van der Waals surface area contributed by atoms with Gasteiger partial charge in [-0.25, -0.2) is 23.1 Å². The zero-order valence-corrected chi connectivity index (χ0v) is 37.1. The van der Waals surface area contributed by atoms with Crippen LogP contribution < -0.4 is 19.9 Å². The molecule has 0 spiro atoms. The molecule has 62 heavy (non-hydrogen) atoms. The third-order valence-corrected chi connectivity index (χ3v) is 14.9. The predicted octanol–water partition coefficient (Wildman–Crippen LogP) is 1.77. The first kappa shape index (κ1) is 43.8. The first-order chi connectivity index (χ1) is 29.3. The van der Waals surface area contributed by atoms with E-state index >= 15 is 0 Å². The summed E-state index contributed by atoms with van der Waals surface area (Å²) in [5.74, 6) is 0.903. The van der Waals surface area contributed by atoms with E-state index in [0.717, 1.165) is 86.8 Å². The Morgan fingerprint density at radius 3 is 1.50 bits per heavy atom. The summed E-state index contributed by atoms with van der Waals surface area (Å²) in [4.78, 5) is 16.5. The maximum atomic E-state index is 12.8. The highest BCUT2D eigenvalue weighted by Crippen LogP contribution is 2.41. The van der Waals surface area contributed by atoms with Crippen LogP contribution in [0.25, 0.3) is 0 Å². The highest BCUT2D eigenvalue weighted by atomic mass is 32.2. The number of nitriles is 1. The number of aryl methyl sites for hydroxylation is 6. The summed E-state index contributed by atoms with van der Waals surface area (Å²) in [6.07, 6.45) is 14.6. The third kappa shape index (κ3) is 8.34. The number of hydrogen-bond acceptors (Lipinski definition) is 13. The molecule has 6 N–H and O–H groups in total. The van der Waals surface area contributed by atoms with Gasteiger partial charge in [-0.2, -0.15) is 18.6 Å². The number of ether oxygens (including phenoxy) is 1. The van der Waals surface area contributed by atoms with Gasteiger partial charge < -0.3 is 20.3 Å². The van der Waals surface area contributed by atoms with Gasteiger partial charge in [0.2, 0.25) is 0 Å². The SMILES string of the molecule is CN1CC(O)(c2cc(S(=O)(=O)NC(=O)Nc3c4c(cc5c3CCC5)CCC4)nn2C)C1.CN1CC(O)(c2cc(S(N)(=O)=O)nn2C)C1.N#COc1c2c(cc3c1CCC3)CCC2. The van der Waals surface area contributed by atoms with E-state index in [9.17, 15) is 31.8 Å². The molecule has 10 rings (SSSR count). The van der Waals surface area contributed by atoms with Crippen LogP contribution in [0.3, 0.4) is 0 Å². The van der Waals surface area contributed by atoms with Gasteiger partial charge in [0.25, 0.3) is 26.3 Å². The Labute approximate surface area is 361 Å². The van der Waals surface area contributed by atoms with E-state index in [-0.39, 0.29) is 10.1 Å². The van der Waals surface area contributed by atoms with E-state index in [1.165, 1.54) is 67.7 Å². The second kappa shape index (κ2) is 16.3. The van der Waals surface area contributed by atoms with E-state index in [4.69, 9.17) is 15.1 Å². The number of anilines is 1. The Balaban J connectivity index is 0.000000143. The molecule has 332 valence electrons. The van der Waals surface area contributed by atoms with Gasteiger partial charge in [0, 0.05) is 58.1 Å². The number of carbonyl (C=O) groups excluding carboxylic acids is 1. The lowest BCUT2D eigenvalue weighted by molar-refractivity contribution is -0.0974. The van der Waals surface area contributed by atoms with Crippen molar-refractivity contribution < 1.29 is 36.6 Å². The van der Waals surface area contributed by atoms with E-state index in [0.29, 0.717) is 37.6 Å². The van der Waals surface area contributed by atoms with Crippen molar-refractivity contribution in [1.29, 1.82) is 5.26 Å². The molecule has 2 fully saturated rings. The number of nitrogens with two attached hydrogens (primary N) is 1. The third-order valence-electron chi connectivity index (χ3n) is 12.9. The summed E-state index contributed by atoms with van der Waals surface area (Å²) in [5, 5.41) is 44.7. The van der Waals surface area contributed by atoms with Crippen LogP contribution in [-0.4, -0.2) is 103 Å². The number of sulfonamides is 2. The van der Waals surface area contributed by atoms with Gasteiger partial charge in [-0.05, 0) is 136 Å². The van der Waals surface area contributed by atoms with Crippen LogP contribution in [0.4, 0.5) is 10.5 Å². The molecule has 0 unspecified atom stereocenters. The Bertz CT molecular complexity index is 2650. The first-order valence-electron chi connectivity index (χ1n) is 20.9. The summed E-state index contributed by atoms with van der Waals surface area (Å²) in [5.41, 5.74) is 9.70. The average Bonchev–Trinajstić information content (AvgIpc) is 4.02. The van der Waals surface area contributed by atoms with Crippen molar-refractivity contribution in [2.75, 3.05) is 45.6 Å². The number of benzene rings is 2. The van der Waals surface area contributed by atoms with Gasteiger partial charge in [-0.1, -0.05) is 12.1 Å². The quantitative estimate of drug-likeness (QED) is 0.166. The fourth-order valence-electron chi connectivity index (χ4n) is 10.3. The Kier molecular flexibility index (Phi) is 11.5. The number of likely N-dealkylation sites (N-methyl/N-ethyl adjacent to an activating group) is 2. The van der Waals surface area contributed by atoms with Crippen molar-refractivity contribution in [2.45, 2.75) is 98.3 Å². The van der Waals surface area contributed by atoms with Crippen LogP contribution in [0.2, 0.25) is 0 Å². The normalized spacial score (nSPS) is 19.3. The van der Waals surface area contributed by atoms with Crippen molar-refractivity contribution in [3.05, 3.63) is 80.2 Å². The van der Waals surface area contributed by atoms with Crippen molar-refractivity contribution in [1.82, 2.24) is 34.1 Å². The first-order valence-corrected chi connectivity index (χ1v) is 24.0. The lowest BCUT2D eigenvalue weighted by atomic mass is 9.91. The molecule has 0 saturated carbocycles. The van der Waals surface area contributed by atoms with Gasteiger partial charge in [-0.3, -0.25) is 19.2 Å². The van der Waals surface area contributed by atoms with Gasteiger partial charge in [0.15, 0.2) is 10.1 Å². The van der Waals surface area contributed by atoms with Gasteiger partial charge in [0.1, 0.15) is 17.0 Å². The van der Waals surface area contributed by atoms with Crippen LogP contribution in [0.15, 0.2) is 34.3 Å². The molecule has 2 aromatic carbocycles. The molecule has 0 atom stereocenters. The monoisotopic (exact) mass is 890 g/mol. The second-order valence-electron chi connectivity index (χ2n) is 17.6. The van der Waals surface area contributed by atoms with Crippen LogP contribution in [0, 0.1) is 11.5 Å². The summed E-state index contributed by atoms with van der Waals surface area (Å²) < 4.78 is 57.9. The Morgan fingerprint density at radius 2 is 1.10 bits per heavy atom. The predicted molar refractivity (Wildman–Crippen MR) is 227 cm³/mol. The number of amides is 2. The van der Waals surface area contributed by atoms with Crippen LogP contribution in [0.1, 0.15) is 81.6 Å². The van der Waals surface area contributed by atoms with Crippen molar-refractivity contribution in [3.8, 4) is 12.0 Å². The summed E-state index contributed by atoms with van der Waals surface area (Å²) in [6, 6.07) is 6.46. The zero-order chi connectivity index (χ0) is 44.4. The number of aromatic nitrogens is 4. The minimum atomic E-state index is -4.19. The minimum Gasteiger partial charge on any atom is -0.387 e. The fraction of sp³-hybridized carbons (Fsp3) is 0.524. The van der Waals surface area contributed by atoms with Crippen molar-refractivity contribution in [3.63, 3.8) is 0 Å².